The number of rotatable bonds is 2. The van der Waals surface area contributed by atoms with Gasteiger partial charge in [0.15, 0.2) is 0 Å². The third kappa shape index (κ3) is 11.9. The van der Waals surface area contributed by atoms with Crippen molar-refractivity contribution in [1.29, 1.82) is 0 Å². The van der Waals surface area contributed by atoms with E-state index in [1.54, 1.807) is 13.8 Å². The summed E-state index contributed by atoms with van der Waals surface area (Å²) < 4.78 is 0. The van der Waals surface area contributed by atoms with E-state index in [2.05, 4.69) is 17.3 Å². The number of halogens is 1. The minimum absolute atomic E-state index is 0.0208. The highest BCUT2D eigenvalue weighted by Crippen LogP contribution is 1.96. The molecule has 0 saturated heterocycles. The zero-order valence-electron chi connectivity index (χ0n) is 6.95. The normalized spacial score (nSPS) is 11.4. The van der Waals surface area contributed by atoms with Crippen molar-refractivity contribution in [2.45, 2.75) is 19.9 Å². The maximum absolute atomic E-state index is 10.0. The van der Waals surface area contributed by atoms with Crippen LogP contribution in [0.15, 0.2) is 0 Å². The molecule has 0 heterocycles. The molecule has 0 aromatic rings. The number of carbonyl (C=O) groups is 2. The Hall–Kier alpha value is -0.810. The van der Waals surface area contributed by atoms with Crippen LogP contribution in [0.4, 0.5) is 4.79 Å². The molecule has 0 aliphatic heterocycles. The van der Waals surface area contributed by atoms with E-state index >= 15 is 0 Å². The lowest BCUT2D eigenvalue weighted by Gasteiger charge is -2.07. The van der Waals surface area contributed by atoms with Gasteiger partial charge >= 0.3 is 11.3 Å². The quantitative estimate of drug-likeness (QED) is 0.438. The summed E-state index contributed by atoms with van der Waals surface area (Å²) in [6.07, 6.45) is 0. The summed E-state index contributed by atoms with van der Waals surface area (Å²) in [7, 11) is 0. The van der Waals surface area contributed by atoms with E-state index < -0.39 is 17.4 Å². The Kier molecular flexibility index (Phi) is 7.88. The summed E-state index contributed by atoms with van der Waals surface area (Å²) in [5.74, 6) is -0.910. The third-order valence-electron chi connectivity index (χ3n) is 1.00. The first-order valence-corrected chi connectivity index (χ1v) is 3.60. The first-order chi connectivity index (χ1) is 5.29. The first kappa shape index (κ1) is 13.8. The molecular formula is C6H13ClN2O3. The maximum atomic E-state index is 10.0. The van der Waals surface area contributed by atoms with Crippen LogP contribution in [0.2, 0.25) is 0 Å². The summed E-state index contributed by atoms with van der Waals surface area (Å²) in [4.78, 5) is 19.0. The van der Waals surface area contributed by atoms with E-state index in [4.69, 9.17) is 15.6 Å². The van der Waals surface area contributed by atoms with Crippen molar-refractivity contribution < 1.29 is 14.7 Å². The van der Waals surface area contributed by atoms with Crippen LogP contribution < -0.4 is 11.5 Å². The molecule has 0 unspecified atom stereocenters. The van der Waals surface area contributed by atoms with E-state index in [9.17, 15) is 4.79 Å². The van der Waals surface area contributed by atoms with Crippen LogP contribution in [0.25, 0.3) is 0 Å². The fourth-order valence-electron chi connectivity index (χ4n) is 0.285. The molecule has 0 aromatic carbocycles. The van der Waals surface area contributed by atoms with Gasteiger partial charge in [-0.25, -0.2) is 0 Å². The predicted molar refractivity (Wildman–Crippen MR) is 45.9 cm³/mol. The molecule has 0 aliphatic carbocycles. The highest BCUT2D eigenvalue weighted by atomic mass is 35.5. The average Bonchev–Trinajstić information content (AvgIpc) is 1.84. The monoisotopic (exact) mass is 196 g/mol. The summed E-state index contributed by atoms with van der Waals surface area (Å²) in [6, 6.07) is -0.713. The molecule has 0 radical (unpaired) electrons. The van der Waals surface area contributed by atoms with Gasteiger partial charge in [0.05, 0.1) is 0 Å². The smallest absolute Gasteiger partial charge is 0.320 e. The molecule has 1 amide bonds. The third-order valence-corrected chi connectivity index (χ3v) is 1.00. The minimum atomic E-state index is -0.931. The second kappa shape index (κ2) is 6.87. The van der Waals surface area contributed by atoms with E-state index in [0.29, 0.717) is 0 Å². The van der Waals surface area contributed by atoms with Gasteiger partial charge in [0.2, 0.25) is 0 Å². The van der Waals surface area contributed by atoms with E-state index in [1.807, 2.05) is 0 Å². The van der Waals surface area contributed by atoms with Gasteiger partial charge in [-0.3, -0.25) is 9.59 Å². The van der Waals surface area contributed by atoms with Crippen LogP contribution in [0.5, 0.6) is 0 Å². The van der Waals surface area contributed by atoms with Crippen LogP contribution in [0.1, 0.15) is 13.8 Å². The Bertz CT molecular complexity index is 157. The van der Waals surface area contributed by atoms with Gasteiger partial charge in [0.1, 0.15) is 6.04 Å². The van der Waals surface area contributed by atoms with Crippen molar-refractivity contribution in [2.24, 2.45) is 17.4 Å². The van der Waals surface area contributed by atoms with Gasteiger partial charge < -0.3 is 16.6 Å². The van der Waals surface area contributed by atoms with E-state index in [0.717, 1.165) is 0 Å². The topological polar surface area (TPSA) is 106 Å². The summed E-state index contributed by atoms with van der Waals surface area (Å²) >= 11 is 4.41. The van der Waals surface area contributed by atoms with Crippen molar-refractivity contribution in [3.05, 3.63) is 0 Å². The van der Waals surface area contributed by atoms with Gasteiger partial charge in [-0.1, -0.05) is 13.8 Å². The number of amides is 1. The molecule has 1 atom stereocenters. The van der Waals surface area contributed by atoms with Crippen molar-refractivity contribution in [1.82, 2.24) is 0 Å². The molecule has 0 rings (SSSR count). The Labute approximate surface area is 75.7 Å². The lowest BCUT2D eigenvalue weighted by molar-refractivity contribution is -0.139. The molecule has 12 heavy (non-hydrogen) atoms. The Balaban J connectivity index is 0. The fourth-order valence-corrected chi connectivity index (χ4v) is 0.285. The van der Waals surface area contributed by atoms with Gasteiger partial charge in [-0.15, -0.1) is 0 Å². The largest absolute Gasteiger partial charge is 0.480 e. The molecule has 5 N–H and O–H groups in total. The molecule has 0 bridgehead atoms. The minimum Gasteiger partial charge on any atom is -0.480 e. The number of aliphatic carboxylic acids is 1. The molecular weight excluding hydrogens is 184 g/mol. The van der Waals surface area contributed by atoms with Gasteiger partial charge in [-0.2, -0.15) is 0 Å². The second-order valence-electron chi connectivity index (χ2n) is 2.41. The number of hydrogen-bond donors (Lipinski definition) is 3. The van der Waals surface area contributed by atoms with Crippen LogP contribution >= 0.6 is 11.6 Å². The molecule has 5 nitrogen and oxygen atoms in total. The summed E-state index contributed by atoms with van der Waals surface area (Å²) in [5.41, 5.74) is 9.40. The standard InChI is InChI=1S/C5H11NO2.CH2ClNO/c1-3(2)4(6)5(7)8;2-1(3)4/h3-4H,6H2,1-2H3,(H,7,8);(H2,3,4)/t4-;/m0./s1. The molecule has 6 heteroatoms. The molecule has 0 spiro atoms. The number of carboxylic acid groups (broad SMARTS) is 1. The maximum Gasteiger partial charge on any atom is 0.320 e. The number of carboxylic acids is 1. The molecule has 0 fully saturated rings. The molecule has 72 valence electrons. The fraction of sp³-hybridized carbons (Fsp3) is 0.667. The second-order valence-corrected chi connectivity index (χ2v) is 2.78. The van der Waals surface area contributed by atoms with Crippen molar-refractivity contribution in [3.63, 3.8) is 0 Å². The lowest BCUT2D eigenvalue weighted by Crippen LogP contribution is -2.34. The van der Waals surface area contributed by atoms with Crippen LogP contribution in [-0.4, -0.2) is 22.5 Å². The molecule has 0 aromatic heterocycles. The Morgan fingerprint density at radius 1 is 1.42 bits per heavy atom. The zero-order chi connectivity index (χ0) is 10.3. The van der Waals surface area contributed by atoms with Crippen molar-refractivity contribution >= 4 is 22.9 Å². The SMILES string of the molecule is CC(C)[C@H](N)C(=O)O.NC(=O)Cl. The van der Waals surface area contributed by atoms with Gasteiger partial charge in [0.25, 0.3) is 0 Å². The lowest BCUT2D eigenvalue weighted by atomic mass is 10.1. The number of hydrogen-bond acceptors (Lipinski definition) is 3. The highest BCUT2D eigenvalue weighted by molar-refractivity contribution is 6.62. The Morgan fingerprint density at radius 3 is 1.67 bits per heavy atom. The van der Waals surface area contributed by atoms with Crippen molar-refractivity contribution in [3.8, 4) is 0 Å². The molecule has 0 saturated carbocycles. The summed E-state index contributed by atoms with van der Waals surface area (Å²) in [6.45, 7) is 3.55. The number of carbonyl (C=O) groups excluding carboxylic acids is 1. The van der Waals surface area contributed by atoms with Crippen LogP contribution in [0, 0.1) is 5.92 Å². The van der Waals surface area contributed by atoms with Gasteiger partial charge in [0, 0.05) is 0 Å². The zero-order valence-corrected chi connectivity index (χ0v) is 7.71. The Morgan fingerprint density at radius 2 is 1.67 bits per heavy atom. The summed E-state index contributed by atoms with van der Waals surface area (Å²) in [5, 5.41) is 7.37. The van der Waals surface area contributed by atoms with Crippen molar-refractivity contribution in [2.75, 3.05) is 0 Å². The van der Waals surface area contributed by atoms with Crippen LogP contribution in [-0.2, 0) is 4.79 Å². The number of nitrogens with two attached hydrogens (primary N) is 2. The molecule has 0 aliphatic rings. The average molecular weight is 197 g/mol. The van der Waals surface area contributed by atoms with Gasteiger partial charge in [-0.05, 0) is 17.5 Å². The van der Waals surface area contributed by atoms with E-state index in [-0.39, 0.29) is 5.92 Å². The van der Waals surface area contributed by atoms with Crippen LogP contribution in [0.3, 0.4) is 0 Å². The van der Waals surface area contributed by atoms with E-state index in [1.165, 1.54) is 0 Å². The first-order valence-electron chi connectivity index (χ1n) is 3.22. The predicted octanol–water partition coefficient (Wildman–Crippen LogP) is 0.358. The number of primary amides is 1. The highest BCUT2D eigenvalue weighted by Gasteiger charge is 2.14.